The summed E-state index contributed by atoms with van der Waals surface area (Å²) in [7, 11) is 5.24. The first-order valence-electron chi connectivity index (χ1n) is 11.3. The van der Waals surface area contributed by atoms with Crippen molar-refractivity contribution < 1.29 is 24.2 Å². The number of aldehydes is 1. The van der Waals surface area contributed by atoms with Crippen LogP contribution in [0.1, 0.15) is 27.0 Å². The number of amides is 1. The summed E-state index contributed by atoms with van der Waals surface area (Å²) in [5.74, 6) is 0.880. The van der Waals surface area contributed by atoms with Crippen LogP contribution in [0.4, 0.5) is 5.69 Å². The number of benzene rings is 3. The number of likely N-dealkylation sites (N-methyl/N-ethyl adjacent to an activating group) is 2. The van der Waals surface area contributed by atoms with Crippen molar-refractivity contribution in [3.63, 3.8) is 0 Å². The number of hydrogen-bond acceptors (Lipinski definition) is 7. The Bertz CT molecular complexity index is 1250. The minimum Gasteiger partial charge on any atom is -0.508 e. The Labute approximate surface area is 204 Å². The van der Waals surface area contributed by atoms with Gasteiger partial charge in [-0.15, -0.1) is 0 Å². The molecule has 1 heterocycles. The van der Waals surface area contributed by atoms with E-state index in [0.717, 1.165) is 12.0 Å². The van der Waals surface area contributed by atoms with E-state index >= 15 is 0 Å². The average Bonchev–Trinajstić information content (AvgIpc) is 2.87. The summed E-state index contributed by atoms with van der Waals surface area (Å²) in [4.78, 5) is 26.1. The molecule has 1 aliphatic rings. The van der Waals surface area contributed by atoms with Crippen molar-refractivity contribution in [1.82, 2.24) is 10.6 Å². The van der Waals surface area contributed by atoms with Crippen LogP contribution in [0.15, 0.2) is 60.7 Å². The Kier molecular flexibility index (Phi) is 7.04. The van der Waals surface area contributed by atoms with Gasteiger partial charge in [-0.1, -0.05) is 24.3 Å². The summed E-state index contributed by atoms with van der Waals surface area (Å²) in [5.41, 5.74) is 2.16. The summed E-state index contributed by atoms with van der Waals surface area (Å²) in [6, 6.07) is 17.7. The highest BCUT2D eigenvalue weighted by molar-refractivity contribution is 5.82. The molecular weight excluding hydrogens is 446 g/mol. The van der Waals surface area contributed by atoms with Crippen LogP contribution in [-0.2, 0) is 15.1 Å². The van der Waals surface area contributed by atoms with Crippen LogP contribution >= 0.6 is 0 Å². The summed E-state index contributed by atoms with van der Waals surface area (Å²) < 4.78 is 12.4. The molecule has 0 bridgehead atoms. The molecule has 0 aromatic heterocycles. The Hall–Kier alpha value is -3.88. The smallest absolute Gasteiger partial charge is 0.239 e. The predicted molar refractivity (Wildman–Crippen MR) is 134 cm³/mol. The molecule has 1 atom stereocenters. The molecule has 3 N–H and O–H groups in total. The molecule has 1 aliphatic heterocycles. The Balaban J connectivity index is 1.80. The van der Waals surface area contributed by atoms with Gasteiger partial charge in [0, 0.05) is 67.3 Å². The zero-order valence-corrected chi connectivity index (χ0v) is 20.0. The van der Waals surface area contributed by atoms with E-state index in [1.165, 1.54) is 6.07 Å². The van der Waals surface area contributed by atoms with Crippen LogP contribution in [0.2, 0.25) is 0 Å². The standard InChI is InChI=1S/C27H29N3O5/c1-28-12-13-29-26(33)16-30(2)19-8-10-22-24(14-19)35-25-15-20(32)9-11-23(25)27(22,34-3)21-7-5-4-6-18(21)17-31/h4-11,14-15,17,28,32H,12-13,16H2,1-3H3,(H,29,33). The van der Waals surface area contributed by atoms with Crippen molar-refractivity contribution in [3.05, 3.63) is 82.9 Å². The second kappa shape index (κ2) is 10.2. The van der Waals surface area contributed by atoms with Gasteiger partial charge in [-0.05, 0) is 31.3 Å². The number of hydrogen-bond donors (Lipinski definition) is 3. The number of phenols is 1. The Morgan fingerprint density at radius 3 is 2.49 bits per heavy atom. The molecule has 1 unspecified atom stereocenters. The molecule has 1 amide bonds. The van der Waals surface area contributed by atoms with Gasteiger partial charge in [0.05, 0.1) is 6.54 Å². The average molecular weight is 476 g/mol. The zero-order chi connectivity index (χ0) is 25.0. The maximum atomic E-state index is 12.3. The third-order valence-corrected chi connectivity index (χ3v) is 6.20. The van der Waals surface area contributed by atoms with Gasteiger partial charge in [-0.25, -0.2) is 0 Å². The molecular formula is C27H29N3O5. The van der Waals surface area contributed by atoms with E-state index in [1.54, 1.807) is 31.4 Å². The van der Waals surface area contributed by atoms with E-state index in [4.69, 9.17) is 9.47 Å². The third kappa shape index (κ3) is 4.45. The quantitative estimate of drug-likeness (QED) is 0.323. The van der Waals surface area contributed by atoms with E-state index in [0.29, 0.717) is 46.8 Å². The van der Waals surface area contributed by atoms with Gasteiger partial charge in [0.1, 0.15) is 23.5 Å². The molecule has 35 heavy (non-hydrogen) atoms. The van der Waals surface area contributed by atoms with E-state index < -0.39 is 5.60 Å². The van der Waals surface area contributed by atoms with E-state index in [-0.39, 0.29) is 18.2 Å². The largest absolute Gasteiger partial charge is 0.508 e. The molecule has 182 valence electrons. The number of carbonyl (C=O) groups is 2. The molecule has 4 rings (SSSR count). The lowest BCUT2D eigenvalue weighted by molar-refractivity contribution is -0.119. The molecule has 3 aromatic carbocycles. The number of aromatic hydroxyl groups is 1. The minimum absolute atomic E-state index is 0.0485. The maximum absolute atomic E-state index is 12.3. The SMILES string of the molecule is CNCCNC(=O)CN(C)c1ccc2c(c1)Oc1cc(O)ccc1C2(OC)c1ccccc1C=O. The van der Waals surface area contributed by atoms with Crippen molar-refractivity contribution in [1.29, 1.82) is 0 Å². The van der Waals surface area contributed by atoms with E-state index in [1.807, 2.05) is 49.3 Å². The number of anilines is 1. The molecule has 0 saturated carbocycles. The number of nitrogens with zero attached hydrogens (tertiary/aromatic N) is 1. The lowest BCUT2D eigenvalue weighted by atomic mass is 9.76. The van der Waals surface area contributed by atoms with Crippen LogP contribution in [-0.4, -0.2) is 58.1 Å². The summed E-state index contributed by atoms with van der Waals surface area (Å²) >= 11 is 0. The lowest BCUT2D eigenvalue weighted by Crippen LogP contribution is -2.38. The fourth-order valence-electron chi connectivity index (χ4n) is 4.50. The molecule has 0 aliphatic carbocycles. The number of methoxy groups -OCH3 is 1. The lowest BCUT2D eigenvalue weighted by Gasteiger charge is -2.40. The fourth-order valence-corrected chi connectivity index (χ4v) is 4.50. The number of fused-ring (bicyclic) bond motifs is 2. The van der Waals surface area contributed by atoms with Gasteiger partial charge in [0.25, 0.3) is 0 Å². The highest BCUT2D eigenvalue weighted by Gasteiger charge is 2.45. The second-order valence-electron chi connectivity index (χ2n) is 8.36. The first-order valence-corrected chi connectivity index (χ1v) is 11.3. The first kappa shape index (κ1) is 24.3. The van der Waals surface area contributed by atoms with Crippen molar-refractivity contribution in [3.8, 4) is 17.2 Å². The van der Waals surface area contributed by atoms with Crippen molar-refractivity contribution >= 4 is 17.9 Å². The first-order chi connectivity index (χ1) is 16.9. The van der Waals surface area contributed by atoms with Gasteiger partial charge < -0.3 is 30.1 Å². The van der Waals surface area contributed by atoms with Crippen LogP contribution in [0.25, 0.3) is 0 Å². The topological polar surface area (TPSA) is 100 Å². The summed E-state index contributed by atoms with van der Waals surface area (Å²) in [5, 5.41) is 16.0. The molecule has 8 heteroatoms. The van der Waals surface area contributed by atoms with Crippen LogP contribution in [0, 0.1) is 0 Å². The Morgan fingerprint density at radius 2 is 1.77 bits per heavy atom. The summed E-state index contributed by atoms with van der Waals surface area (Å²) in [6.45, 7) is 1.41. The van der Waals surface area contributed by atoms with Crippen molar-refractivity contribution in [2.45, 2.75) is 5.60 Å². The second-order valence-corrected chi connectivity index (χ2v) is 8.36. The zero-order valence-electron chi connectivity index (χ0n) is 20.0. The highest BCUT2D eigenvalue weighted by atomic mass is 16.5. The van der Waals surface area contributed by atoms with Crippen LogP contribution in [0.3, 0.4) is 0 Å². The number of ether oxygens (including phenoxy) is 2. The number of rotatable bonds is 9. The van der Waals surface area contributed by atoms with Crippen molar-refractivity contribution in [2.75, 3.05) is 45.7 Å². The van der Waals surface area contributed by atoms with Crippen molar-refractivity contribution in [2.24, 2.45) is 0 Å². The predicted octanol–water partition coefficient (Wildman–Crippen LogP) is 3.02. The fraction of sp³-hybridized carbons (Fsp3) is 0.259. The molecule has 0 radical (unpaired) electrons. The highest BCUT2D eigenvalue weighted by Crippen LogP contribution is 2.54. The summed E-state index contributed by atoms with van der Waals surface area (Å²) in [6.07, 6.45) is 0.806. The van der Waals surface area contributed by atoms with Gasteiger partial charge in [0.15, 0.2) is 5.60 Å². The number of carbonyl (C=O) groups excluding carboxylic acids is 2. The maximum Gasteiger partial charge on any atom is 0.239 e. The monoisotopic (exact) mass is 475 g/mol. The third-order valence-electron chi connectivity index (χ3n) is 6.20. The van der Waals surface area contributed by atoms with Gasteiger partial charge in [-0.3, -0.25) is 9.59 Å². The number of nitrogens with one attached hydrogen (secondary N) is 2. The van der Waals surface area contributed by atoms with Crippen LogP contribution < -0.4 is 20.3 Å². The molecule has 0 fully saturated rings. The van der Waals surface area contributed by atoms with Crippen LogP contribution in [0.5, 0.6) is 17.2 Å². The van der Waals surface area contributed by atoms with Gasteiger partial charge >= 0.3 is 0 Å². The molecule has 0 saturated heterocycles. The molecule has 0 spiro atoms. The number of phenolic OH excluding ortho intramolecular Hbond substituents is 1. The van der Waals surface area contributed by atoms with E-state index in [2.05, 4.69) is 10.6 Å². The molecule has 8 nitrogen and oxygen atoms in total. The van der Waals surface area contributed by atoms with E-state index in [9.17, 15) is 14.7 Å². The van der Waals surface area contributed by atoms with Gasteiger partial charge in [-0.2, -0.15) is 0 Å². The minimum atomic E-state index is -1.14. The molecule has 3 aromatic rings. The Morgan fingerprint density at radius 1 is 1.06 bits per heavy atom. The normalized spacial score (nSPS) is 16.0. The van der Waals surface area contributed by atoms with Gasteiger partial charge in [0.2, 0.25) is 5.91 Å².